The molecule has 2 aromatic rings. The van der Waals surface area contributed by atoms with Crippen molar-refractivity contribution >= 4 is 28.7 Å². The summed E-state index contributed by atoms with van der Waals surface area (Å²) in [5.74, 6) is -0.107. The van der Waals surface area contributed by atoms with Crippen LogP contribution in [-0.4, -0.2) is 12.5 Å². The largest absolute Gasteiger partial charge is 0.399 e. The van der Waals surface area contributed by atoms with Gasteiger partial charge in [-0.2, -0.15) is 5.26 Å². The van der Waals surface area contributed by atoms with Crippen molar-refractivity contribution in [2.45, 2.75) is 0 Å². The Morgan fingerprint density at radius 2 is 2.00 bits per heavy atom. The lowest BCUT2D eigenvalue weighted by atomic mass is 10.1. The van der Waals surface area contributed by atoms with E-state index in [0.29, 0.717) is 16.9 Å². The van der Waals surface area contributed by atoms with Gasteiger partial charge in [0.2, 0.25) is 5.91 Å². The fraction of sp³-hybridized carbons (Fsp3) is 0.0667. The van der Waals surface area contributed by atoms with Crippen LogP contribution in [0.15, 0.2) is 42.5 Å². The lowest BCUT2D eigenvalue weighted by Gasteiger charge is -2.31. The lowest BCUT2D eigenvalue weighted by molar-refractivity contribution is -0.115. The molecule has 0 atom stereocenters. The molecule has 0 radical (unpaired) electrons. The number of nitrogens with two attached hydrogens (primary N) is 1. The molecule has 98 valence electrons. The lowest BCUT2D eigenvalue weighted by Crippen LogP contribution is -2.35. The van der Waals surface area contributed by atoms with Crippen LogP contribution in [0.4, 0.5) is 22.7 Å². The van der Waals surface area contributed by atoms with E-state index in [9.17, 15) is 10.1 Å². The molecule has 1 amide bonds. The Hall–Kier alpha value is -3.00. The second-order valence-electron chi connectivity index (χ2n) is 4.54. The molecule has 5 heteroatoms. The first-order valence-corrected chi connectivity index (χ1v) is 6.15. The van der Waals surface area contributed by atoms with Crippen molar-refractivity contribution in [3.8, 4) is 6.07 Å². The number of nitrogen functional groups attached to an aromatic ring is 1. The Bertz CT molecular complexity index is 733. The Kier molecular flexibility index (Phi) is 2.77. The molecule has 20 heavy (non-hydrogen) atoms. The maximum Gasteiger partial charge on any atom is 0.244 e. The first-order chi connectivity index (χ1) is 9.69. The second kappa shape index (κ2) is 4.59. The van der Waals surface area contributed by atoms with Crippen LogP contribution < -0.4 is 16.0 Å². The van der Waals surface area contributed by atoms with Crippen LogP contribution in [0.3, 0.4) is 0 Å². The van der Waals surface area contributed by atoms with Gasteiger partial charge in [-0.3, -0.25) is 4.79 Å². The molecule has 0 aromatic heterocycles. The van der Waals surface area contributed by atoms with Crippen molar-refractivity contribution < 1.29 is 4.79 Å². The van der Waals surface area contributed by atoms with Gasteiger partial charge in [0.1, 0.15) is 12.6 Å². The van der Waals surface area contributed by atoms with Crippen molar-refractivity contribution in [1.29, 1.82) is 5.26 Å². The van der Waals surface area contributed by atoms with E-state index in [4.69, 9.17) is 5.73 Å². The van der Waals surface area contributed by atoms with Crippen molar-refractivity contribution in [2.75, 3.05) is 22.5 Å². The first-order valence-electron chi connectivity index (χ1n) is 6.15. The van der Waals surface area contributed by atoms with Gasteiger partial charge in [0.15, 0.2) is 0 Å². The molecular weight excluding hydrogens is 252 g/mol. The fourth-order valence-electron chi connectivity index (χ4n) is 2.33. The number of nitrogens with zero attached hydrogens (tertiary/aromatic N) is 2. The maximum absolute atomic E-state index is 11.8. The summed E-state index contributed by atoms with van der Waals surface area (Å²) < 4.78 is 0. The summed E-state index contributed by atoms with van der Waals surface area (Å²) in [5, 5.41) is 12.1. The van der Waals surface area contributed by atoms with E-state index in [2.05, 4.69) is 11.4 Å². The molecular formula is C15H12N4O. The quantitative estimate of drug-likeness (QED) is 0.774. The number of hydrogen-bond acceptors (Lipinski definition) is 4. The number of para-hydroxylation sites is 2. The zero-order chi connectivity index (χ0) is 14.1. The number of amides is 1. The standard InChI is InChI=1S/C15H12N4O/c16-8-10-7-11(17)5-6-13(10)19-9-15(20)18-12-3-1-2-4-14(12)19/h1-7H,9,17H2,(H,18,20). The fourth-order valence-corrected chi connectivity index (χ4v) is 2.33. The molecule has 1 heterocycles. The highest BCUT2D eigenvalue weighted by Gasteiger charge is 2.24. The van der Waals surface area contributed by atoms with Crippen LogP contribution in [0.2, 0.25) is 0 Å². The van der Waals surface area contributed by atoms with E-state index in [1.165, 1.54) is 0 Å². The molecule has 3 N–H and O–H groups in total. The third kappa shape index (κ3) is 1.93. The average Bonchev–Trinajstić information content (AvgIpc) is 2.46. The maximum atomic E-state index is 11.8. The van der Waals surface area contributed by atoms with Crippen LogP contribution in [0.1, 0.15) is 5.56 Å². The summed E-state index contributed by atoms with van der Waals surface area (Å²) in [7, 11) is 0. The Balaban J connectivity index is 2.16. The summed E-state index contributed by atoms with van der Waals surface area (Å²) in [6.45, 7) is 0.176. The highest BCUT2D eigenvalue weighted by atomic mass is 16.2. The van der Waals surface area contributed by atoms with E-state index in [1.54, 1.807) is 18.2 Å². The van der Waals surface area contributed by atoms with Gasteiger partial charge >= 0.3 is 0 Å². The summed E-state index contributed by atoms with van der Waals surface area (Å²) >= 11 is 0. The monoisotopic (exact) mass is 264 g/mol. The Labute approximate surface area is 116 Å². The average molecular weight is 264 g/mol. The number of carbonyl (C=O) groups excluding carboxylic acids is 1. The number of nitrogens with one attached hydrogen (secondary N) is 1. The third-order valence-corrected chi connectivity index (χ3v) is 3.20. The predicted molar refractivity (Wildman–Crippen MR) is 77.6 cm³/mol. The van der Waals surface area contributed by atoms with Gasteiger partial charge in [0, 0.05) is 5.69 Å². The van der Waals surface area contributed by atoms with Gasteiger partial charge < -0.3 is 16.0 Å². The minimum absolute atomic E-state index is 0.107. The Morgan fingerprint density at radius 3 is 2.80 bits per heavy atom. The molecule has 0 fully saturated rings. The van der Waals surface area contributed by atoms with Gasteiger partial charge in [0.05, 0.1) is 22.6 Å². The highest BCUT2D eigenvalue weighted by molar-refractivity contribution is 6.03. The van der Waals surface area contributed by atoms with E-state index >= 15 is 0 Å². The van der Waals surface area contributed by atoms with Crippen molar-refractivity contribution in [3.63, 3.8) is 0 Å². The van der Waals surface area contributed by atoms with Crippen LogP contribution in [0.5, 0.6) is 0 Å². The molecule has 0 spiro atoms. The van der Waals surface area contributed by atoms with Crippen molar-refractivity contribution in [1.82, 2.24) is 0 Å². The Morgan fingerprint density at radius 1 is 1.20 bits per heavy atom. The van der Waals surface area contributed by atoms with E-state index in [1.807, 2.05) is 29.2 Å². The minimum atomic E-state index is -0.107. The first kappa shape index (κ1) is 12.1. The van der Waals surface area contributed by atoms with Crippen LogP contribution in [0, 0.1) is 11.3 Å². The zero-order valence-corrected chi connectivity index (χ0v) is 10.6. The van der Waals surface area contributed by atoms with Gasteiger partial charge in [-0.05, 0) is 30.3 Å². The van der Waals surface area contributed by atoms with Gasteiger partial charge in [-0.15, -0.1) is 0 Å². The SMILES string of the molecule is N#Cc1cc(N)ccc1N1CC(=O)Nc2ccccc21. The van der Waals surface area contributed by atoms with Crippen molar-refractivity contribution in [3.05, 3.63) is 48.0 Å². The minimum Gasteiger partial charge on any atom is -0.399 e. The molecule has 1 aliphatic heterocycles. The summed E-state index contributed by atoms with van der Waals surface area (Å²) in [5.41, 5.74) is 8.98. The van der Waals surface area contributed by atoms with Crippen molar-refractivity contribution in [2.24, 2.45) is 0 Å². The highest BCUT2D eigenvalue weighted by Crippen LogP contribution is 2.36. The number of fused-ring (bicyclic) bond motifs is 1. The van der Waals surface area contributed by atoms with E-state index in [-0.39, 0.29) is 12.5 Å². The van der Waals surface area contributed by atoms with Gasteiger partial charge in [0.25, 0.3) is 0 Å². The molecule has 1 aliphatic rings. The van der Waals surface area contributed by atoms with Crippen LogP contribution in [0.25, 0.3) is 0 Å². The van der Waals surface area contributed by atoms with Crippen LogP contribution in [-0.2, 0) is 4.79 Å². The molecule has 0 saturated carbocycles. The number of carbonyl (C=O) groups is 1. The summed E-state index contributed by atoms with van der Waals surface area (Å²) in [4.78, 5) is 13.6. The van der Waals surface area contributed by atoms with Gasteiger partial charge in [-0.25, -0.2) is 0 Å². The van der Waals surface area contributed by atoms with E-state index in [0.717, 1.165) is 11.4 Å². The summed E-state index contributed by atoms with van der Waals surface area (Å²) in [6, 6.07) is 14.7. The summed E-state index contributed by atoms with van der Waals surface area (Å²) in [6.07, 6.45) is 0. The topological polar surface area (TPSA) is 82.2 Å². The third-order valence-electron chi connectivity index (χ3n) is 3.20. The molecule has 0 saturated heterocycles. The second-order valence-corrected chi connectivity index (χ2v) is 4.54. The molecule has 3 rings (SSSR count). The molecule has 0 aliphatic carbocycles. The zero-order valence-electron chi connectivity index (χ0n) is 10.6. The van der Waals surface area contributed by atoms with Gasteiger partial charge in [-0.1, -0.05) is 12.1 Å². The predicted octanol–water partition coefficient (Wildman–Crippen LogP) is 2.23. The number of hydrogen-bond donors (Lipinski definition) is 2. The normalized spacial score (nSPS) is 13.3. The molecule has 0 unspecified atom stereocenters. The number of nitriles is 1. The number of rotatable bonds is 1. The molecule has 5 nitrogen and oxygen atoms in total. The van der Waals surface area contributed by atoms with E-state index < -0.39 is 0 Å². The number of anilines is 4. The molecule has 2 aromatic carbocycles. The smallest absolute Gasteiger partial charge is 0.244 e. The molecule has 0 bridgehead atoms. The van der Waals surface area contributed by atoms with Crippen LogP contribution >= 0.6 is 0 Å². The number of benzene rings is 2.